The first-order valence-electron chi connectivity index (χ1n) is 9.31. The average molecular weight is 337 g/mol. The number of hydrogen-bond donors (Lipinski definition) is 1. The summed E-state index contributed by atoms with van der Waals surface area (Å²) in [5.41, 5.74) is 7.65. The Kier molecular flexibility index (Phi) is 4.57. The van der Waals surface area contributed by atoms with Gasteiger partial charge in [-0.15, -0.1) is 0 Å². The Morgan fingerprint density at radius 1 is 1.00 bits per heavy atom. The molecule has 1 spiro atoms. The van der Waals surface area contributed by atoms with Crippen molar-refractivity contribution in [2.24, 2.45) is 5.41 Å². The van der Waals surface area contributed by atoms with Crippen molar-refractivity contribution in [2.75, 3.05) is 36.8 Å². The van der Waals surface area contributed by atoms with E-state index < -0.39 is 0 Å². The van der Waals surface area contributed by atoms with Crippen molar-refractivity contribution in [2.45, 2.75) is 32.2 Å². The topological polar surface area (TPSA) is 58.3 Å². The second kappa shape index (κ2) is 7.00. The molecule has 1 aromatic carbocycles. The third-order valence-corrected chi connectivity index (χ3v) is 5.65. The molecule has 2 fully saturated rings. The molecular formula is C20H27N5. The van der Waals surface area contributed by atoms with E-state index in [0.29, 0.717) is 11.2 Å². The van der Waals surface area contributed by atoms with Crippen molar-refractivity contribution in [3.05, 3.63) is 48.3 Å². The summed E-state index contributed by atoms with van der Waals surface area (Å²) in [5, 5.41) is 0. The molecule has 3 heterocycles. The Labute approximate surface area is 149 Å². The molecule has 0 bridgehead atoms. The molecule has 4 rings (SSSR count). The molecule has 2 saturated heterocycles. The van der Waals surface area contributed by atoms with Crippen molar-refractivity contribution in [3.63, 3.8) is 0 Å². The number of anilines is 2. The third kappa shape index (κ3) is 3.76. The number of nitrogens with two attached hydrogens (primary N) is 1. The average Bonchev–Trinajstić information content (AvgIpc) is 2.63. The van der Waals surface area contributed by atoms with E-state index in [1.807, 2.05) is 6.07 Å². The van der Waals surface area contributed by atoms with Gasteiger partial charge in [0.05, 0.1) is 0 Å². The maximum Gasteiger partial charge on any atom is 0.134 e. The Morgan fingerprint density at radius 3 is 2.60 bits per heavy atom. The van der Waals surface area contributed by atoms with Crippen LogP contribution in [0.15, 0.2) is 42.7 Å². The summed E-state index contributed by atoms with van der Waals surface area (Å²) < 4.78 is 0. The van der Waals surface area contributed by atoms with Gasteiger partial charge in [-0.25, -0.2) is 9.97 Å². The van der Waals surface area contributed by atoms with Gasteiger partial charge >= 0.3 is 0 Å². The number of nitrogens with zero attached hydrogens (tertiary/aromatic N) is 4. The quantitative estimate of drug-likeness (QED) is 0.933. The van der Waals surface area contributed by atoms with Gasteiger partial charge in [0.1, 0.15) is 18.0 Å². The van der Waals surface area contributed by atoms with Crippen LogP contribution in [0.4, 0.5) is 11.6 Å². The Morgan fingerprint density at radius 2 is 1.80 bits per heavy atom. The zero-order valence-electron chi connectivity index (χ0n) is 14.8. The van der Waals surface area contributed by atoms with E-state index in [2.05, 4.69) is 50.1 Å². The highest BCUT2D eigenvalue weighted by atomic mass is 15.2. The standard InChI is InChI=1S/C20H27N5/c21-18-12-19(23-16-22-18)25-11-5-9-20(15-25)8-4-10-24(14-20)13-17-6-2-1-3-7-17/h1-3,6-7,12,16H,4-5,8-11,13-15H2,(H2,21,22,23). The van der Waals surface area contributed by atoms with E-state index in [1.165, 1.54) is 44.3 Å². The van der Waals surface area contributed by atoms with Crippen molar-refractivity contribution < 1.29 is 0 Å². The maximum atomic E-state index is 5.86. The predicted molar refractivity (Wildman–Crippen MR) is 101 cm³/mol. The number of piperidine rings is 2. The summed E-state index contributed by atoms with van der Waals surface area (Å²) in [6.07, 6.45) is 6.72. The summed E-state index contributed by atoms with van der Waals surface area (Å²) in [5.74, 6) is 1.53. The van der Waals surface area contributed by atoms with Crippen LogP contribution in [0.1, 0.15) is 31.2 Å². The van der Waals surface area contributed by atoms with Crippen LogP contribution in [0.5, 0.6) is 0 Å². The second-order valence-corrected chi connectivity index (χ2v) is 7.63. The third-order valence-electron chi connectivity index (χ3n) is 5.65. The van der Waals surface area contributed by atoms with Crippen LogP contribution in [-0.2, 0) is 6.54 Å². The van der Waals surface area contributed by atoms with Crippen molar-refractivity contribution in [3.8, 4) is 0 Å². The number of benzene rings is 1. The molecule has 2 aromatic rings. The van der Waals surface area contributed by atoms with E-state index in [0.717, 1.165) is 25.5 Å². The van der Waals surface area contributed by atoms with E-state index in [4.69, 9.17) is 5.73 Å². The number of hydrogen-bond acceptors (Lipinski definition) is 5. The lowest BCUT2D eigenvalue weighted by Crippen LogP contribution is -2.52. The fraction of sp³-hybridized carbons (Fsp3) is 0.500. The molecule has 2 aliphatic rings. The highest BCUT2D eigenvalue weighted by Gasteiger charge is 2.39. The second-order valence-electron chi connectivity index (χ2n) is 7.63. The van der Waals surface area contributed by atoms with E-state index in [1.54, 1.807) is 6.33 Å². The molecule has 2 aliphatic heterocycles. The van der Waals surface area contributed by atoms with Gasteiger partial charge in [-0.2, -0.15) is 0 Å². The van der Waals surface area contributed by atoms with E-state index in [-0.39, 0.29) is 0 Å². The summed E-state index contributed by atoms with van der Waals surface area (Å²) in [4.78, 5) is 13.5. The number of nitrogen functional groups attached to an aromatic ring is 1. The molecule has 1 unspecified atom stereocenters. The molecular weight excluding hydrogens is 310 g/mol. The predicted octanol–water partition coefficient (Wildman–Crippen LogP) is 2.94. The van der Waals surface area contributed by atoms with Crippen molar-refractivity contribution in [1.29, 1.82) is 0 Å². The number of rotatable bonds is 3. The lowest BCUT2D eigenvalue weighted by molar-refractivity contribution is 0.0683. The normalized spacial score (nSPS) is 24.6. The smallest absolute Gasteiger partial charge is 0.134 e. The fourth-order valence-electron chi connectivity index (χ4n) is 4.56. The molecule has 0 aliphatic carbocycles. The Hall–Kier alpha value is -2.14. The first-order valence-corrected chi connectivity index (χ1v) is 9.31. The molecule has 5 nitrogen and oxygen atoms in total. The van der Waals surface area contributed by atoms with Gasteiger partial charge in [0.2, 0.25) is 0 Å². The first-order chi connectivity index (χ1) is 12.2. The summed E-state index contributed by atoms with van der Waals surface area (Å²) in [7, 11) is 0. The van der Waals surface area contributed by atoms with Gasteiger partial charge in [0.25, 0.3) is 0 Å². The molecule has 1 aromatic heterocycles. The van der Waals surface area contributed by atoms with Crippen LogP contribution in [0.25, 0.3) is 0 Å². The van der Waals surface area contributed by atoms with Crippen LogP contribution >= 0.6 is 0 Å². The zero-order valence-corrected chi connectivity index (χ0v) is 14.8. The summed E-state index contributed by atoms with van der Waals surface area (Å²) in [6, 6.07) is 12.7. The first kappa shape index (κ1) is 16.3. The van der Waals surface area contributed by atoms with Crippen LogP contribution in [0.2, 0.25) is 0 Å². The minimum Gasteiger partial charge on any atom is -0.384 e. The Balaban J connectivity index is 1.46. The molecule has 5 heteroatoms. The highest BCUT2D eigenvalue weighted by Crippen LogP contribution is 2.39. The van der Waals surface area contributed by atoms with Gasteiger partial charge in [-0.3, -0.25) is 4.90 Å². The molecule has 25 heavy (non-hydrogen) atoms. The minimum absolute atomic E-state index is 0.380. The summed E-state index contributed by atoms with van der Waals surface area (Å²) >= 11 is 0. The van der Waals surface area contributed by atoms with Gasteiger partial charge in [0, 0.05) is 37.7 Å². The van der Waals surface area contributed by atoms with Gasteiger partial charge in [0.15, 0.2) is 0 Å². The maximum absolute atomic E-state index is 5.86. The molecule has 0 saturated carbocycles. The largest absolute Gasteiger partial charge is 0.384 e. The summed E-state index contributed by atoms with van der Waals surface area (Å²) in [6.45, 7) is 5.59. The van der Waals surface area contributed by atoms with Gasteiger partial charge in [-0.1, -0.05) is 30.3 Å². The van der Waals surface area contributed by atoms with Gasteiger partial charge in [-0.05, 0) is 37.8 Å². The van der Waals surface area contributed by atoms with Gasteiger partial charge < -0.3 is 10.6 Å². The monoisotopic (exact) mass is 337 g/mol. The molecule has 0 radical (unpaired) electrons. The molecule has 2 N–H and O–H groups in total. The SMILES string of the molecule is Nc1cc(N2CCCC3(CCCN(Cc4ccccc4)C3)C2)ncn1. The molecule has 1 atom stereocenters. The highest BCUT2D eigenvalue weighted by molar-refractivity contribution is 5.46. The number of aromatic nitrogens is 2. The van der Waals surface area contributed by atoms with Crippen LogP contribution < -0.4 is 10.6 Å². The zero-order chi connectivity index (χ0) is 17.1. The van der Waals surface area contributed by atoms with Crippen LogP contribution in [0, 0.1) is 5.41 Å². The van der Waals surface area contributed by atoms with Crippen LogP contribution in [0.3, 0.4) is 0 Å². The van der Waals surface area contributed by atoms with E-state index in [9.17, 15) is 0 Å². The lowest BCUT2D eigenvalue weighted by atomic mass is 9.73. The van der Waals surface area contributed by atoms with Crippen LogP contribution in [-0.4, -0.2) is 41.0 Å². The fourth-order valence-corrected chi connectivity index (χ4v) is 4.56. The van der Waals surface area contributed by atoms with E-state index >= 15 is 0 Å². The molecule has 132 valence electrons. The molecule has 0 amide bonds. The minimum atomic E-state index is 0.380. The van der Waals surface area contributed by atoms with Crippen molar-refractivity contribution >= 4 is 11.6 Å². The van der Waals surface area contributed by atoms with Crippen molar-refractivity contribution in [1.82, 2.24) is 14.9 Å². The lowest BCUT2D eigenvalue weighted by Gasteiger charge is -2.49. The number of likely N-dealkylation sites (tertiary alicyclic amines) is 1. The Bertz CT molecular complexity index is 700.